The lowest BCUT2D eigenvalue weighted by Gasteiger charge is -2.21. The maximum Gasteiger partial charge on any atom is 0.243 e. The van der Waals surface area contributed by atoms with E-state index in [1.807, 2.05) is 12.1 Å². The Morgan fingerprint density at radius 3 is 2.80 bits per heavy atom. The molecule has 0 spiro atoms. The number of rotatable bonds is 9. The summed E-state index contributed by atoms with van der Waals surface area (Å²) in [5, 5.41) is 6.68. The van der Waals surface area contributed by atoms with Crippen LogP contribution in [-0.4, -0.2) is 63.7 Å². The summed E-state index contributed by atoms with van der Waals surface area (Å²) >= 11 is 0. The quantitative estimate of drug-likeness (QED) is 0.329. The van der Waals surface area contributed by atoms with Crippen molar-refractivity contribution in [1.29, 1.82) is 0 Å². The summed E-state index contributed by atoms with van der Waals surface area (Å²) in [4.78, 5) is 17.7. The number of hydrogen-bond acceptors (Lipinski definition) is 4. The summed E-state index contributed by atoms with van der Waals surface area (Å²) in [6, 6.07) is 4.04. The number of furan rings is 1. The number of carbonyl (C=O) groups is 1. The fraction of sp³-hybridized carbons (Fsp3) is 0.647. The molecule has 1 atom stereocenters. The Labute approximate surface area is 166 Å². The summed E-state index contributed by atoms with van der Waals surface area (Å²) in [5.41, 5.74) is 0. The lowest BCUT2D eigenvalue weighted by molar-refractivity contribution is -0.127. The van der Waals surface area contributed by atoms with E-state index in [2.05, 4.69) is 15.6 Å². The molecule has 1 aromatic heterocycles. The highest BCUT2D eigenvalue weighted by molar-refractivity contribution is 14.0. The van der Waals surface area contributed by atoms with Gasteiger partial charge >= 0.3 is 0 Å². The number of amides is 1. The van der Waals surface area contributed by atoms with Crippen LogP contribution in [0.3, 0.4) is 0 Å². The second-order valence-electron chi connectivity index (χ2n) is 6.25. The smallest absolute Gasteiger partial charge is 0.243 e. The van der Waals surface area contributed by atoms with Crippen molar-refractivity contribution in [3.8, 4) is 0 Å². The summed E-state index contributed by atoms with van der Waals surface area (Å²) in [6.07, 6.45) is 4.84. The lowest BCUT2D eigenvalue weighted by Crippen LogP contribution is -2.47. The van der Waals surface area contributed by atoms with E-state index >= 15 is 0 Å². The van der Waals surface area contributed by atoms with Crippen LogP contribution < -0.4 is 10.6 Å². The highest BCUT2D eigenvalue weighted by Crippen LogP contribution is 2.32. The van der Waals surface area contributed by atoms with Crippen molar-refractivity contribution in [2.75, 3.05) is 40.9 Å². The Bertz CT molecular complexity index is 530. The summed E-state index contributed by atoms with van der Waals surface area (Å²) in [5.74, 6) is 2.15. The Hall–Kier alpha value is -1.29. The highest BCUT2D eigenvalue weighted by atomic mass is 127. The molecule has 1 saturated carbocycles. The van der Waals surface area contributed by atoms with Gasteiger partial charge in [0.1, 0.15) is 12.3 Å². The van der Waals surface area contributed by atoms with Crippen molar-refractivity contribution >= 4 is 35.8 Å². The molecule has 1 aliphatic rings. The van der Waals surface area contributed by atoms with Gasteiger partial charge in [0.2, 0.25) is 5.91 Å². The van der Waals surface area contributed by atoms with Crippen LogP contribution in [0.2, 0.25) is 0 Å². The number of guanidine groups is 1. The predicted molar refractivity (Wildman–Crippen MR) is 108 cm³/mol. The van der Waals surface area contributed by atoms with Crippen molar-refractivity contribution in [2.24, 2.45) is 10.9 Å². The maximum atomic E-state index is 11.8. The number of likely N-dealkylation sites (N-methyl/N-ethyl adjacent to an activating group) is 1. The van der Waals surface area contributed by atoms with Gasteiger partial charge in [-0.15, -0.1) is 24.0 Å². The largest absolute Gasteiger partial charge is 0.469 e. The van der Waals surface area contributed by atoms with Crippen molar-refractivity contribution in [2.45, 2.75) is 25.3 Å². The van der Waals surface area contributed by atoms with Crippen molar-refractivity contribution in [3.63, 3.8) is 0 Å². The van der Waals surface area contributed by atoms with Gasteiger partial charge in [0.05, 0.1) is 18.9 Å². The molecule has 142 valence electrons. The minimum absolute atomic E-state index is 0. The van der Waals surface area contributed by atoms with Crippen LogP contribution in [0.5, 0.6) is 0 Å². The van der Waals surface area contributed by atoms with Gasteiger partial charge in [-0.1, -0.05) is 0 Å². The fourth-order valence-corrected chi connectivity index (χ4v) is 2.35. The average molecular weight is 464 g/mol. The molecule has 0 radical (unpaired) electrons. The van der Waals surface area contributed by atoms with Crippen LogP contribution in [0.4, 0.5) is 0 Å². The van der Waals surface area contributed by atoms with Gasteiger partial charge in [0.25, 0.3) is 0 Å². The van der Waals surface area contributed by atoms with Gasteiger partial charge in [0.15, 0.2) is 5.96 Å². The Morgan fingerprint density at radius 1 is 1.48 bits per heavy atom. The Morgan fingerprint density at radius 2 is 2.24 bits per heavy atom. The molecule has 8 heteroatoms. The molecule has 1 fully saturated rings. The average Bonchev–Trinajstić information content (AvgIpc) is 3.28. The predicted octanol–water partition coefficient (Wildman–Crippen LogP) is 1.49. The standard InChI is InChI=1S/C17H28N4O3.HI/c1-21(2)16(22)11-19-17(18-9-8-14-5-4-10-24-14)20-15(12-23-3)13-6-7-13;/h4-5,10,13,15H,6-9,11-12H2,1-3H3,(H2,18,19,20);1H. The van der Waals surface area contributed by atoms with Crippen molar-refractivity contribution in [1.82, 2.24) is 15.5 Å². The fourth-order valence-electron chi connectivity index (χ4n) is 2.35. The van der Waals surface area contributed by atoms with Crippen LogP contribution in [0, 0.1) is 5.92 Å². The zero-order valence-corrected chi connectivity index (χ0v) is 17.5. The number of carbonyl (C=O) groups excluding carboxylic acids is 1. The summed E-state index contributed by atoms with van der Waals surface area (Å²) in [7, 11) is 5.16. The molecular weight excluding hydrogens is 435 g/mol. The van der Waals surface area contributed by atoms with Gasteiger partial charge in [0, 0.05) is 34.2 Å². The highest BCUT2D eigenvalue weighted by Gasteiger charge is 2.31. The molecule has 7 nitrogen and oxygen atoms in total. The molecule has 1 heterocycles. The third-order valence-corrected chi connectivity index (χ3v) is 3.97. The topological polar surface area (TPSA) is 79.1 Å². The third kappa shape index (κ3) is 8.08. The van der Waals surface area contributed by atoms with E-state index in [0.717, 1.165) is 12.2 Å². The molecule has 0 aliphatic heterocycles. The summed E-state index contributed by atoms with van der Waals surface area (Å²) in [6.45, 7) is 1.43. The zero-order chi connectivity index (χ0) is 17.4. The van der Waals surface area contributed by atoms with Crippen LogP contribution in [0.15, 0.2) is 27.8 Å². The Kier molecular flexibility index (Phi) is 9.88. The van der Waals surface area contributed by atoms with E-state index < -0.39 is 0 Å². The molecule has 2 N–H and O–H groups in total. The second-order valence-corrected chi connectivity index (χ2v) is 6.25. The van der Waals surface area contributed by atoms with Crippen LogP contribution in [0.1, 0.15) is 18.6 Å². The van der Waals surface area contributed by atoms with E-state index in [-0.39, 0.29) is 42.5 Å². The first-order chi connectivity index (χ1) is 11.6. The van der Waals surface area contributed by atoms with Gasteiger partial charge in [-0.3, -0.25) is 4.79 Å². The molecule has 1 aliphatic carbocycles. The van der Waals surface area contributed by atoms with E-state index in [4.69, 9.17) is 9.15 Å². The monoisotopic (exact) mass is 464 g/mol. The van der Waals surface area contributed by atoms with Gasteiger partial charge < -0.3 is 24.7 Å². The first kappa shape index (κ1) is 21.8. The van der Waals surface area contributed by atoms with E-state index in [9.17, 15) is 4.79 Å². The lowest BCUT2D eigenvalue weighted by atomic mass is 10.2. The van der Waals surface area contributed by atoms with Crippen LogP contribution >= 0.6 is 24.0 Å². The molecule has 0 bridgehead atoms. The molecule has 0 aromatic carbocycles. The molecule has 2 rings (SSSR count). The number of aliphatic imine (C=N–C) groups is 1. The molecule has 1 amide bonds. The molecule has 25 heavy (non-hydrogen) atoms. The number of halogens is 1. The second kappa shape index (κ2) is 11.3. The summed E-state index contributed by atoms with van der Waals surface area (Å²) < 4.78 is 10.6. The first-order valence-electron chi connectivity index (χ1n) is 8.36. The SMILES string of the molecule is COCC(NC(=NCC(=O)N(C)C)NCCc1ccco1)C1CC1.I. The Balaban J connectivity index is 0.00000312. The van der Waals surface area contributed by atoms with E-state index in [0.29, 0.717) is 25.0 Å². The van der Waals surface area contributed by atoms with Gasteiger partial charge in [-0.25, -0.2) is 4.99 Å². The van der Waals surface area contributed by atoms with E-state index in [1.165, 1.54) is 17.7 Å². The molecule has 1 aromatic rings. The van der Waals surface area contributed by atoms with Crippen LogP contribution in [0.25, 0.3) is 0 Å². The first-order valence-corrected chi connectivity index (χ1v) is 8.36. The zero-order valence-electron chi connectivity index (χ0n) is 15.2. The number of hydrogen-bond donors (Lipinski definition) is 2. The van der Waals surface area contributed by atoms with Gasteiger partial charge in [-0.2, -0.15) is 0 Å². The molecular formula is C17H29IN4O3. The normalized spacial score (nSPS) is 15.2. The number of methoxy groups -OCH3 is 1. The minimum atomic E-state index is -0.0307. The number of nitrogens with one attached hydrogen (secondary N) is 2. The van der Waals surface area contributed by atoms with Crippen molar-refractivity contribution < 1.29 is 13.9 Å². The minimum Gasteiger partial charge on any atom is -0.469 e. The van der Waals surface area contributed by atoms with Crippen LogP contribution in [-0.2, 0) is 16.0 Å². The molecule has 0 saturated heterocycles. The number of ether oxygens (including phenoxy) is 1. The molecule has 1 unspecified atom stereocenters. The third-order valence-electron chi connectivity index (χ3n) is 3.97. The number of nitrogens with zero attached hydrogens (tertiary/aromatic N) is 2. The maximum absolute atomic E-state index is 11.8. The van der Waals surface area contributed by atoms with Crippen molar-refractivity contribution in [3.05, 3.63) is 24.2 Å². The van der Waals surface area contributed by atoms with Gasteiger partial charge in [-0.05, 0) is 30.9 Å². The van der Waals surface area contributed by atoms with E-state index in [1.54, 1.807) is 27.5 Å².